The highest BCUT2D eigenvalue weighted by atomic mass is 31.2. The number of nitrogens with zero attached hydrogens (tertiary/aromatic N) is 1. The number of likely N-dealkylation sites (N-methyl/N-ethyl adjacent to an activating group) is 1. The summed E-state index contributed by atoms with van der Waals surface area (Å²) in [5, 5.41) is 0. The van der Waals surface area contributed by atoms with Gasteiger partial charge in [0.2, 0.25) is 0 Å². The molecule has 0 bridgehead atoms. The molecule has 2 atom stereocenters. The number of quaternary nitrogens is 1. The van der Waals surface area contributed by atoms with Gasteiger partial charge in [0.15, 0.2) is 6.10 Å². The van der Waals surface area contributed by atoms with Gasteiger partial charge in [-0.2, -0.15) is 0 Å². The van der Waals surface area contributed by atoms with E-state index < -0.39 is 26.5 Å². The zero-order valence-corrected chi connectivity index (χ0v) is 27.2. The Bertz CT molecular complexity index is 683. The van der Waals surface area contributed by atoms with E-state index in [9.17, 15) is 19.0 Å². The van der Waals surface area contributed by atoms with E-state index in [1.54, 1.807) is 0 Å². The first-order valence-electron chi connectivity index (χ1n) is 15.8. The molecule has 0 saturated heterocycles. The summed E-state index contributed by atoms with van der Waals surface area (Å²) in [4.78, 5) is 34.6. The molecular weight excluding hydrogens is 533 g/mol. The van der Waals surface area contributed by atoms with E-state index in [0.717, 1.165) is 38.5 Å². The summed E-state index contributed by atoms with van der Waals surface area (Å²) >= 11 is 0. The number of hydrogen-bond donors (Lipinski definition) is 1. The van der Waals surface area contributed by atoms with Gasteiger partial charge in [-0.15, -0.1) is 0 Å². The Morgan fingerprint density at radius 1 is 0.675 bits per heavy atom. The largest absolute Gasteiger partial charge is 0.472 e. The topological polar surface area (TPSA) is 108 Å². The lowest BCUT2D eigenvalue weighted by Crippen LogP contribution is -2.37. The third kappa shape index (κ3) is 27.2. The van der Waals surface area contributed by atoms with Gasteiger partial charge >= 0.3 is 19.8 Å². The van der Waals surface area contributed by atoms with Gasteiger partial charge in [0.1, 0.15) is 19.8 Å². The second-order valence-electron chi connectivity index (χ2n) is 11.9. The fourth-order valence-electron chi connectivity index (χ4n) is 4.07. The molecule has 0 aromatic heterocycles. The van der Waals surface area contributed by atoms with Gasteiger partial charge in [0.05, 0.1) is 27.7 Å². The van der Waals surface area contributed by atoms with Gasteiger partial charge in [-0.25, -0.2) is 4.57 Å². The molecule has 0 amide bonds. The predicted octanol–water partition coefficient (Wildman–Crippen LogP) is 7.34. The number of hydrogen-bond acceptors (Lipinski definition) is 7. The zero-order valence-electron chi connectivity index (χ0n) is 26.3. The van der Waals surface area contributed by atoms with Gasteiger partial charge in [0, 0.05) is 12.8 Å². The highest BCUT2D eigenvalue weighted by Crippen LogP contribution is 2.43. The fraction of sp³-hybridized carbons (Fsp3) is 0.933. The third-order valence-electron chi connectivity index (χ3n) is 6.64. The minimum atomic E-state index is -4.34. The van der Waals surface area contributed by atoms with Crippen molar-refractivity contribution in [2.24, 2.45) is 0 Å². The van der Waals surface area contributed by atoms with Crippen LogP contribution in [0.5, 0.6) is 0 Å². The highest BCUT2D eigenvalue weighted by molar-refractivity contribution is 7.47. The SMILES string of the molecule is CCCCCCCCCCCCCCC(=O)OC[C@@H](COP(=O)(O)OCC[N+](C)(C)C)OC(=O)CCCCCC. The van der Waals surface area contributed by atoms with E-state index in [2.05, 4.69) is 13.8 Å². The quantitative estimate of drug-likeness (QED) is 0.0434. The number of carbonyl (C=O) groups excluding carboxylic acids is 2. The van der Waals surface area contributed by atoms with Crippen LogP contribution in [0, 0.1) is 0 Å². The van der Waals surface area contributed by atoms with Crippen LogP contribution in [-0.4, -0.2) is 74.9 Å². The molecule has 0 aliphatic carbocycles. The number of phosphoric ester groups is 1. The van der Waals surface area contributed by atoms with Crippen molar-refractivity contribution in [3.8, 4) is 0 Å². The Morgan fingerprint density at radius 3 is 1.62 bits per heavy atom. The van der Waals surface area contributed by atoms with E-state index in [1.165, 1.54) is 57.8 Å². The highest BCUT2D eigenvalue weighted by Gasteiger charge is 2.27. The molecule has 0 aliphatic rings. The molecule has 0 aromatic rings. The van der Waals surface area contributed by atoms with E-state index in [0.29, 0.717) is 23.9 Å². The molecular formula is C30H61NO8P+. The average Bonchev–Trinajstić information content (AvgIpc) is 2.88. The Labute approximate surface area is 244 Å². The smallest absolute Gasteiger partial charge is 0.462 e. The fourth-order valence-corrected chi connectivity index (χ4v) is 4.81. The Kier molecular flexibility index (Phi) is 24.0. The molecule has 0 spiro atoms. The van der Waals surface area contributed by atoms with Crippen LogP contribution in [0.1, 0.15) is 129 Å². The van der Waals surface area contributed by atoms with Crippen LogP contribution < -0.4 is 0 Å². The first-order valence-corrected chi connectivity index (χ1v) is 17.3. The first kappa shape index (κ1) is 39.0. The number of rotatable bonds is 28. The Morgan fingerprint density at radius 2 is 1.12 bits per heavy atom. The summed E-state index contributed by atoms with van der Waals surface area (Å²) in [7, 11) is 1.48. The summed E-state index contributed by atoms with van der Waals surface area (Å²) < 4.78 is 33.7. The van der Waals surface area contributed by atoms with Gasteiger partial charge in [0.25, 0.3) is 0 Å². The number of carbonyl (C=O) groups is 2. The third-order valence-corrected chi connectivity index (χ3v) is 7.62. The lowest BCUT2D eigenvalue weighted by atomic mass is 10.0. The molecule has 40 heavy (non-hydrogen) atoms. The molecule has 1 unspecified atom stereocenters. The normalized spacial score (nSPS) is 14.1. The molecule has 0 fully saturated rings. The summed E-state index contributed by atoms with van der Waals surface area (Å²) in [6.07, 6.45) is 17.8. The second kappa shape index (κ2) is 24.6. The van der Waals surface area contributed by atoms with E-state index >= 15 is 0 Å². The molecule has 9 nitrogen and oxygen atoms in total. The van der Waals surface area contributed by atoms with Gasteiger partial charge in [-0.1, -0.05) is 104 Å². The van der Waals surface area contributed by atoms with Crippen LogP contribution in [0.2, 0.25) is 0 Å². The van der Waals surface area contributed by atoms with Crippen molar-refractivity contribution in [3.63, 3.8) is 0 Å². The van der Waals surface area contributed by atoms with Gasteiger partial charge in [-0.3, -0.25) is 18.6 Å². The van der Waals surface area contributed by atoms with E-state index in [4.69, 9.17) is 18.5 Å². The van der Waals surface area contributed by atoms with Crippen LogP contribution in [0.3, 0.4) is 0 Å². The molecule has 0 heterocycles. The molecule has 0 aromatic carbocycles. The van der Waals surface area contributed by atoms with Crippen molar-refractivity contribution < 1.29 is 42.1 Å². The van der Waals surface area contributed by atoms with Crippen molar-refractivity contribution >= 4 is 19.8 Å². The number of esters is 2. The Hall–Kier alpha value is -0.990. The van der Waals surface area contributed by atoms with Gasteiger partial charge < -0.3 is 18.9 Å². The maximum absolute atomic E-state index is 12.3. The van der Waals surface area contributed by atoms with Crippen LogP contribution in [0.25, 0.3) is 0 Å². The monoisotopic (exact) mass is 594 g/mol. The summed E-state index contributed by atoms with van der Waals surface area (Å²) in [6.45, 7) is 4.26. The summed E-state index contributed by atoms with van der Waals surface area (Å²) in [5.41, 5.74) is 0. The lowest BCUT2D eigenvalue weighted by Gasteiger charge is -2.24. The van der Waals surface area contributed by atoms with E-state index in [1.807, 2.05) is 21.1 Å². The Balaban J connectivity index is 4.35. The number of phosphoric acid groups is 1. The first-order chi connectivity index (χ1) is 19.0. The lowest BCUT2D eigenvalue weighted by molar-refractivity contribution is -0.870. The van der Waals surface area contributed by atoms with Crippen LogP contribution in [-0.2, 0) is 32.7 Å². The van der Waals surface area contributed by atoms with Crippen molar-refractivity contribution in [3.05, 3.63) is 0 Å². The van der Waals surface area contributed by atoms with Gasteiger partial charge in [-0.05, 0) is 12.8 Å². The van der Waals surface area contributed by atoms with Crippen molar-refractivity contribution in [2.75, 3.05) is 47.5 Å². The maximum Gasteiger partial charge on any atom is 0.472 e. The molecule has 238 valence electrons. The zero-order chi connectivity index (χ0) is 30.1. The minimum Gasteiger partial charge on any atom is -0.462 e. The molecule has 0 saturated carbocycles. The van der Waals surface area contributed by atoms with Crippen LogP contribution >= 0.6 is 7.82 Å². The average molecular weight is 595 g/mol. The van der Waals surface area contributed by atoms with E-state index in [-0.39, 0.29) is 25.6 Å². The van der Waals surface area contributed by atoms with Crippen molar-refractivity contribution in [1.29, 1.82) is 0 Å². The molecule has 1 N–H and O–H groups in total. The van der Waals surface area contributed by atoms with Crippen molar-refractivity contribution in [2.45, 2.75) is 136 Å². The van der Waals surface area contributed by atoms with Crippen molar-refractivity contribution in [1.82, 2.24) is 0 Å². The number of unbranched alkanes of at least 4 members (excludes halogenated alkanes) is 14. The molecule has 10 heteroatoms. The second-order valence-corrected chi connectivity index (χ2v) is 13.3. The predicted molar refractivity (Wildman–Crippen MR) is 160 cm³/mol. The molecule has 0 rings (SSSR count). The van der Waals surface area contributed by atoms with Crippen LogP contribution in [0.4, 0.5) is 0 Å². The molecule has 0 radical (unpaired) electrons. The molecule has 0 aliphatic heterocycles. The summed E-state index contributed by atoms with van der Waals surface area (Å²) in [6, 6.07) is 0. The number of ether oxygens (including phenoxy) is 2. The maximum atomic E-state index is 12.3. The van der Waals surface area contributed by atoms with Crippen LogP contribution in [0.15, 0.2) is 0 Å². The minimum absolute atomic E-state index is 0.0349. The summed E-state index contributed by atoms with van der Waals surface area (Å²) in [5.74, 6) is -0.817. The standard InChI is InChI=1S/C30H60NO8P/c1-6-8-10-12-13-14-15-16-17-18-19-21-22-29(32)36-26-28(39-30(33)23-20-11-9-7-2)27-38-40(34,35)37-25-24-31(3,4)5/h28H,6-27H2,1-5H3/p+1/t28-/m0/s1.